The first-order chi connectivity index (χ1) is 6.51. The van der Waals surface area contributed by atoms with Crippen molar-refractivity contribution in [3.05, 3.63) is 11.6 Å². The van der Waals surface area contributed by atoms with Gasteiger partial charge in [0.15, 0.2) is 6.29 Å². The van der Waals surface area contributed by atoms with Crippen molar-refractivity contribution in [3.8, 4) is 6.07 Å². The van der Waals surface area contributed by atoms with Crippen LogP contribution in [0.15, 0.2) is 11.6 Å². The molecular weight excluding hydrogens is 186 g/mol. The summed E-state index contributed by atoms with van der Waals surface area (Å²) >= 11 is 0. The van der Waals surface area contributed by atoms with Crippen LogP contribution in [0.3, 0.4) is 0 Å². The molecule has 0 heterocycles. The van der Waals surface area contributed by atoms with E-state index in [1.807, 2.05) is 0 Å². The maximum absolute atomic E-state index is 10.4. The topological polar surface area (TPSA) is 79.5 Å². The fraction of sp³-hybridized carbons (Fsp3) is 0.556. The number of nitrogens with zero attached hydrogens (tertiary/aromatic N) is 1. The van der Waals surface area contributed by atoms with Crippen molar-refractivity contribution in [2.45, 2.75) is 26.2 Å². The molecule has 5 nitrogen and oxygen atoms in total. The van der Waals surface area contributed by atoms with Gasteiger partial charge in [0.1, 0.15) is 11.6 Å². The number of rotatable bonds is 5. The third kappa shape index (κ3) is 4.60. The summed E-state index contributed by atoms with van der Waals surface area (Å²) in [6, 6.07) is 1.56. The van der Waals surface area contributed by atoms with Crippen LogP contribution in [0.25, 0.3) is 0 Å². The standard InChI is InChI=1S/C9H13NO4/c1-6(14-7(2)13-3)4-8(5-10)9(11)12/h4,6-7H,1-3H3,(H,11,12). The van der Waals surface area contributed by atoms with Crippen molar-refractivity contribution >= 4 is 5.97 Å². The zero-order chi connectivity index (χ0) is 11.1. The molecule has 0 aromatic heterocycles. The second-order valence-electron chi connectivity index (χ2n) is 2.64. The summed E-state index contributed by atoms with van der Waals surface area (Å²) in [5.74, 6) is -1.26. The first kappa shape index (κ1) is 12.6. The molecule has 0 saturated carbocycles. The van der Waals surface area contributed by atoms with Crippen LogP contribution >= 0.6 is 0 Å². The van der Waals surface area contributed by atoms with Crippen LogP contribution in [0.4, 0.5) is 0 Å². The van der Waals surface area contributed by atoms with Crippen molar-refractivity contribution < 1.29 is 19.4 Å². The molecule has 0 aliphatic carbocycles. The SMILES string of the molecule is COC(C)OC(C)C=C(C#N)C(=O)O. The highest BCUT2D eigenvalue weighted by Crippen LogP contribution is 2.03. The highest BCUT2D eigenvalue weighted by Gasteiger charge is 2.10. The van der Waals surface area contributed by atoms with E-state index in [1.165, 1.54) is 13.2 Å². The lowest BCUT2D eigenvalue weighted by atomic mass is 10.2. The van der Waals surface area contributed by atoms with Gasteiger partial charge in [0.2, 0.25) is 0 Å². The van der Waals surface area contributed by atoms with Crippen LogP contribution in [0.1, 0.15) is 13.8 Å². The smallest absolute Gasteiger partial charge is 0.346 e. The van der Waals surface area contributed by atoms with E-state index in [0.717, 1.165) is 0 Å². The lowest BCUT2D eigenvalue weighted by Crippen LogP contribution is -2.17. The van der Waals surface area contributed by atoms with Gasteiger partial charge in [-0.2, -0.15) is 5.26 Å². The summed E-state index contributed by atoms with van der Waals surface area (Å²) in [5, 5.41) is 17.0. The molecule has 2 atom stereocenters. The van der Waals surface area contributed by atoms with E-state index in [9.17, 15) is 4.79 Å². The van der Waals surface area contributed by atoms with Crippen molar-refractivity contribution in [2.24, 2.45) is 0 Å². The Morgan fingerprint density at radius 1 is 1.57 bits per heavy atom. The number of hydrogen-bond donors (Lipinski definition) is 1. The Bertz CT molecular complexity index is 266. The minimum Gasteiger partial charge on any atom is -0.477 e. The summed E-state index contributed by atoms with van der Waals surface area (Å²) in [7, 11) is 1.48. The van der Waals surface area contributed by atoms with E-state index in [4.69, 9.17) is 19.8 Å². The summed E-state index contributed by atoms with van der Waals surface area (Å²) in [5.41, 5.74) is -0.333. The first-order valence-corrected chi connectivity index (χ1v) is 4.04. The molecular formula is C9H13NO4. The molecule has 0 rings (SSSR count). The van der Waals surface area contributed by atoms with Gasteiger partial charge in [0.05, 0.1) is 6.10 Å². The minimum absolute atomic E-state index is 0.333. The van der Waals surface area contributed by atoms with Gasteiger partial charge in [-0.3, -0.25) is 0 Å². The molecule has 0 amide bonds. The molecule has 0 saturated heterocycles. The quantitative estimate of drug-likeness (QED) is 0.404. The van der Waals surface area contributed by atoms with Gasteiger partial charge >= 0.3 is 5.97 Å². The Hall–Kier alpha value is -1.38. The van der Waals surface area contributed by atoms with E-state index in [1.54, 1.807) is 19.9 Å². The third-order valence-electron chi connectivity index (χ3n) is 1.49. The third-order valence-corrected chi connectivity index (χ3v) is 1.49. The van der Waals surface area contributed by atoms with Gasteiger partial charge in [0.25, 0.3) is 0 Å². The van der Waals surface area contributed by atoms with Crippen molar-refractivity contribution in [1.29, 1.82) is 5.26 Å². The monoisotopic (exact) mass is 199 g/mol. The molecule has 1 N–H and O–H groups in total. The number of aliphatic carboxylic acids is 1. The van der Waals surface area contributed by atoms with Crippen LogP contribution in [0.2, 0.25) is 0 Å². The molecule has 0 aliphatic rings. The van der Waals surface area contributed by atoms with E-state index in [-0.39, 0.29) is 5.57 Å². The lowest BCUT2D eigenvalue weighted by Gasteiger charge is -2.14. The number of hydrogen-bond acceptors (Lipinski definition) is 4. The van der Waals surface area contributed by atoms with Crippen LogP contribution < -0.4 is 0 Å². The van der Waals surface area contributed by atoms with E-state index in [0.29, 0.717) is 0 Å². The molecule has 78 valence electrons. The molecule has 0 bridgehead atoms. The molecule has 2 unspecified atom stereocenters. The largest absolute Gasteiger partial charge is 0.477 e. The Labute approximate surface area is 82.5 Å². The predicted octanol–water partition coefficient (Wildman–Crippen LogP) is 0.918. The molecule has 0 fully saturated rings. The summed E-state index contributed by atoms with van der Waals surface area (Å²) < 4.78 is 9.98. The Morgan fingerprint density at radius 2 is 2.14 bits per heavy atom. The highest BCUT2D eigenvalue weighted by molar-refractivity contribution is 5.91. The normalized spacial score (nSPS) is 15.7. The van der Waals surface area contributed by atoms with E-state index in [2.05, 4.69) is 0 Å². The van der Waals surface area contributed by atoms with E-state index < -0.39 is 18.4 Å². The van der Waals surface area contributed by atoms with Gasteiger partial charge in [-0.05, 0) is 19.9 Å². The number of carboxylic acids is 1. The molecule has 0 aromatic carbocycles. The molecule has 14 heavy (non-hydrogen) atoms. The second-order valence-corrected chi connectivity index (χ2v) is 2.64. The minimum atomic E-state index is -1.26. The zero-order valence-electron chi connectivity index (χ0n) is 8.35. The van der Waals surface area contributed by atoms with Gasteiger partial charge in [0, 0.05) is 7.11 Å². The molecule has 0 aliphatic heterocycles. The predicted molar refractivity (Wildman–Crippen MR) is 48.3 cm³/mol. The Balaban J connectivity index is 4.34. The maximum atomic E-state index is 10.4. The van der Waals surface area contributed by atoms with Gasteiger partial charge in [-0.25, -0.2) is 4.79 Å². The van der Waals surface area contributed by atoms with Gasteiger partial charge < -0.3 is 14.6 Å². The first-order valence-electron chi connectivity index (χ1n) is 4.04. The highest BCUT2D eigenvalue weighted by atomic mass is 16.7. The summed E-state index contributed by atoms with van der Waals surface area (Å²) in [6.45, 7) is 3.31. The molecule has 5 heteroatoms. The molecule has 0 radical (unpaired) electrons. The average molecular weight is 199 g/mol. The fourth-order valence-electron chi connectivity index (χ4n) is 0.788. The number of carboxylic acid groups (broad SMARTS) is 1. The molecule has 0 spiro atoms. The number of methoxy groups -OCH3 is 1. The second kappa shape index (κ2) is 6.13. The van der Waals surface area contributed by atoms with Crippen LogP contribution in [0, 0.1) is 11.3 Å². The maximum Gasteiger partial charge on any atom is 0.346 e. The van der Waals surface area contributed by atoms with Crippen molar-refractivity contribution in [2.75, 3.05) is 7.11 Å². The number of carbonyl (C=O) groups is 1. The Morgan fingerprint density at radius 3 is 2.50 bits per heavy atom. The fourth-order valence-corrected chi connectivity index (χ4v) is 0.788. The summed E-state index contributed by atoms with van der Waals surface area (Å²) in [6.07, 6.45) is 0.323. The summed E-state index contributed by atoms with van der Waals surface area (Å²) in [4.78, 5) is 10.4. The van der Waals surface area contributed by atoms with Crippen LogP contribution in [0.5, 0.6) is 0 Å². The van der Waals surface area contributed by atoms with Crippen molar-refractivity contribution in [3.63, 3.8) is 0 Å². The van der Waals surface area contributed by atoms with Gasteiger partial charge in [-0.15, -0.1) is 0 Å². The van der Waals surface area contributed by atoms with Crippen molar-refractivity contribution in [1.82, 2.24) is 0 Å². The van der Waals surface area contributed by atoms with Gasteiger partial charge in [-0.1, -0.05) is 0 Å². The average Bonchev–Trinajstić information content (AvgIpc) is 2.13. The number of nitriles is 1. The Kier molecular flexibility index (Phi) is 5.53. The van der Waals surface area contributed by atoms with Crippen LogP contribution in [-0.2, 0) is 14.3 Å². The molecule has 0 aromatic rings. The van der Waals surface area contributed by atoms with E-state index >= 15 is 0 Å². The lowest BCUT2D eigenvalue weighted by molar-refractivity contribution is -0.133. The number of ether oxygens (including phenoxy) is 2. The van der Waals surface area contributed by atoms with Crippen LogP contribution in [-0.4, -0.2) is 30.6 Å². The zero-order valence-corrected chi connectivity index (χ0v) is 8.35.